The molecule has 0 N–H and O–H groups in total. The Labute approximate surface area is 250 Å². The van der Waals surface area contributed by atoms with Gasteiger partial charge in [0.1, 0.15) is 0 Å². The predicted molar refractivity (Wildman–Crippen MR) is 163 cm³/mol. The van der Waals surface area contributed by atoms with Gasteiger partial charge in [0.15, 0.2) is 0 Å². The first-order valence-corrected chi connectivity index (χ1v) is 16.5. The molecule has 3 aliphatic rings. The molecule has 1 atom stereocenters. The molecule has 206 valence electrons. The molecule has 4 nitrogen and oxygen atoms in total. The highest BCUT2D eigenvalue weighted by Gasteiger charge is 2.36. The number of aromatic nitrogens is 1. The van der Waals surface area contributed by atoms with Crippen LogP contribution in [-0.4, -0.2) is 53.4 Å². The molecule has 1 amide bonds. The molecule has 5 rings (SSSR count). The van der Waals surface area contributed by atoms with Crippen molar-refractivity contribution in [1.82, 2.24) is 14.8 Å². The van der Waals surface area contributed by atoms with Gasteiger partial charge in [-0.05, 0) is 127 Å². The molecule has 7 heteroatoms. The Bertz CT molecular complexity index is 1130. The minimum Gasteiger partial charge on any atom is -0.343 e. The summed E-state index contributed by atoms with van der Waals surface area (Å²) in [5.74, 6) is 1.58. The SMILES string of the molecule is CCCCCN1CCC(CC(=O)N2CCC([C@H]3c4ncc(Br)cc4CCc4cc(Cl)cc(Br)c43)CC2)CC1. The van der Waals surface area contributed by atoms with Crippen molar-refractivity contribution in [3.05, 3.63) is 60.7 Å². The number of carbonyl (C=O) groups excluding carboxylic acids is 1. The van der Waals surface area contributed by atoms with Gasteiger partial charge in [0.25, 0.3) is 0 Å². The number of aryl methyl sites for hydroxylation is 2. The van der Waals surface area contributed by atoms with Gasteiger partial charge in [0.2, 0.25) is 5.91 Å². The number of piperidine rings is 2. The van der Waals surface area contributed by atoms with Crippen LogP contribution >= 0.6 is 43.5 Å². The standard InChI is InChI=1S/C31H40Br2ClN3O/c1-2-3-4-11-36-12-7-21(8-13-36)16-28(38)37-14-9-22(10-15-37)30-29-23(18-26(34)19-27(29)33)5-6-24-17-25(32)20-35-31(24)30/h17-22,30H,2-16H2,1H3/t30-/m1/s1. The Hall–Kier alpha value is -0.950. The maximum atomic E-state index is 13.3. The van der Waals surface area contributed by atoms with Gasteiger partial charge in [-0.1, -0.05) is 47.3 Å². The van der Waals surface area contributed by atoms with E-state index in [1.165, 1.54) is 61.0 Å². The van der Waals surface area contributed by atoms with Gasteiger partial charge in [-0.25, -0.2) is 0 Å². The van der Waals surface area contributed by atoms with Crippen LogP contribution in [0.2, 0.25) is 5.02 Å². The lowest BCUT2D eigenvalue weighted by Gasteiger charge is -2.38. The molecule has 0 saturated carbocycles. The number of amides is 1. The number of hydrogen-bond donors (Lipinski definition) is 0. The number of fused-ring (bicyclic) bond motifs is 2. The van der Waals surface area contributed by atoms with Gasteiger partial charge in [-0.15, -0.1) is 0 Å². The quantitative estimate of drug-likeness (QED) is 0.281. The normalized spacial score (nSPS) is 21.2. The van der Waals surface area contributed by atoms with Crippen molar-refractivity contribution in [2.75, 3.05) is 32.7 Å². The molecule has 1 aromatic heterocycles. The minimum absolute atomic E-state index is 0.219. The fraction of sp³-hybridized carbons (Fsp3) is 0.613. The summed E-state index contributed by atoms with van der Waals surface area (Å²) in [6.07, 6.45) is 12.9. The van der Waals surface area contributed by atoms with Gasteiger partial charge in [-0.2, -0.15) is 0 Å². The van der Waals surface area contributed by atoms with Crippen LogP contribution < -0.4 is 0 Å². The lowest BCUT2D eigenvalue weighted by atomic mass is 9.76. The monoisotopic (exact) mass is 663 g/mol. The highest BCUT2D eigenvalue weighted by Crippen LogP contribution is 2.46. The van der Waals surface area contributed by atoms with Crippen molar-refractivity contribution in [2.24, 2.45) is 11.8 Å². The molecule has 2 aliphatic heterocycles. The second kappa shape index (κ2) is 13.1. The Morgan fingerprint density at radius 2 is 1.74 bits per heavy atom. The minimum atomic E-state index is 0.219. The first-order valence-electron chi connectivity index (χ1n) is 14.5. The largest absolute Gasteiger partial charge is 0.343 e. The summed E-state index contributed by atoms with van der Waals surface area (Å²) in [7, 11) is 0. The summed E-state index contributed by atoms with van der Waals surface area (Å²) >= 11 is 14.0. The molecular weight excluding hydrogens is 626 g/mol. The second-order valence-electron chi connectivity index (χ2n) is 11.6. The number of benzene rings is 1. The van der Waals surface area contributed by atoms with E-state index in [1.807, 2.05) is 12.3 Å². The maximum Gasteiger partial charge on any atom is 0.222 e. The van der Waals surface area contributed by atoms with Crippen molar-refractivity contribution in [3.63, 3.8) is 0 Å². The number of halogens is 3. The topological polar surface area (TPSA) is 36.4 Å². The average molecular weight is 666 g/mol. The predicted octanol–water partition coefficient (Wildman–Crippen LogP) is 8.02. The van der Waals surface area contributed by atoms with Crippen LogP contribution in [-0.2, 0) is 17.6 Å². The van der Waals surface area contributed by atoms with Crippen LogP contribution in [0.4, 0.5) is 0 Å². The van der Waals surface area contributed by atoms with E-state index in [-0.39, 0.29) is 5.92 Å². The highest BCUT2D eigenvalue weighted by molar-refractivity contribution is 9.10. The number of unbranched alkanes of at least 4 members (excludes halogenated alkanes) is 2. The zero-order valence-corrected chi connectivity index (χ0v) is 26.5. The molecule has 0 spiro atoms. The van der Waals surface area contributed by atoms with E-state index in [9.17, 15) is 4.79 Å². The van der Waals surface area contributed by atoms with Crippen LogP contribution in [0.1, 0.15) is 86.6 Å². The van der Waals surface area contributed by atoms with E-state index in [4.69, 9.17) is 16.6 Å². The second-order valence-corrected chi connectivity index (χ2v) is 13.8. The average Bonchev–Trinajstić information content (AvgIpc) is 3.06. The lowest BCUT2D eigenvalue weighted by Crippen LogP contribution is -2.42. The zero-order chi connectivity index (χ0) is 26.6. The summed E-state index contributed by atoms with van der Waals surface area (Å²) in [4.78, 5) is 23.0. The number of nitrogens with zero attached hydrogens (tertiary/aromatic N) is 3. The smallest absolute Gasteiger partial charge is 0.222 e. The molecule has 3 heterocycles. The first kappa shape index (κ1) is 28.6. The van der Waals surface area contributed by atoms with E-state index in [0.29, 0.717) is 17.7 Å². The van der Waals surface area contributed by atoms with E-state index in [0.717, 1.165) is 72.3 Å². The third kappa shape index (κ3) is 6.67. The van der Waals surface area contributed by atoms with E-state index in [1.54, 1.807) is 0 Å². The van der Waals surface area contributed by atoms with Crippen LogP contribution in [0.15, 0.2) is 33.3 Å². The lowest BCUT2D eigenvalue weighted by molar-refractivity contribution is -0.134. The van der Waals surface area contributed by atoms with E-state index < -0.39 is 0 Å². The van der Waals surface area contributed by atoms with Gasteiger partial charge in [-0.3, -0.25) is 9.78 Å². The van der Waals surface area contributed by atoms with Crippen LogP contribution in [0.5, 0.6) is 0 Å². The third-order valence-electron chi connectivity index (χ3n) is 9.03. The number of pyridine rings is 1. The fourth-order valence-electron chi connectivity index (χ4n) is 6.89. The van der Waals surface area contributed by atoms with Crippen molar-refractivity contribution >= 4 is 49.4 Å². The molecule has 0 bridgehead atoms. The van der Waals surface area contributed by atoms with Gasteiger partial charge >= 0.3 is 0 Å². The van der Waals surface area contributed by atoms with Crippen molar-refractivity contribution < 1.29 is 4.79 Å². The molecule has 38 heavy (non-hydrogen) atoms. The number of hydrogen-bond acceptors (Lipinski definition) is 3. The molecule has 2 fully saturated rings. The zero-order valence-electron chi connectivity index (χ0n) is 22.5. The Morgan fingerprint density at radius 3 is 2.47 bits per heavy atom. The maximum absolute atomic E-state index is 13.3. The van der Waals surface area contributed by atoms with Crippen molar-refractivity contribution in [1.29, 1.82) is 0 Å². The molecule has 2 aromatic rings. The molecule has 0 unspecified atom stereocenters. The Morgan fingerprint density at radius 1 is 1.00 bits per heavy atom. The first-order chi connectivity index (χ1) is 18.4. The van der Waals surface area contributed by atoms with E-state index in [2.05, 4.69) is 60.7 Å². The Balaban J connectivity index is 1.23. The van der Waals surface area contributed by atoms with Crippen LogP contribution in [0.25, 0.3) is 0 Å². The number of carbonyl (C=O) groups is 1. The summed E-state index contributed by atoms with van der Waals surface area (Å²) in [5, 5.41) is 0.779. The summed E-state index contributed by atoms with van der Waals surface area (Å²) < 4.78 is 2.12. The van der Waals surface area contributed by atoms with Gasteiger partial charge < -0.3 is 9.80 Å². The number of rotatable bonds is 7. The van der Waals surface area contributed by atoms with Gasteiger partial charge in [0.05, 0.1) is 5.69 Å². The third-order valence-corrected chi connectivity index (χ3v) is 10.3. The van der Waals surface area contributed by atoms with Gasteiger partial charge in [0, 0.05) is 45.6 Å². The molecular formula is C31H40Br2ClN3O. The molecule has 0 radical (unpaired) electrons. The molecule has 1 aromatic carbocycles. The van der Waals surface area contributed by atoms with Crippen LogP contribution in [0, 0.1) is 11.8 Å². The molecule has 2 saturated heterocycles. The fourth-order valence-corrected chi connectivity index (χ4v) is 8.39. The van der Waals surface area contributed by atoms with Crippen LogP contribution in [0.3, 0.4) is 0 Å². The Kier molecular flexibility index (Phi) is 9.88. The highest BCUT2D eigenvalue weighted by atomic mass is 79.9. The summed E-state index contributed by atoms with van der Waals surface area (Å²) in [6, 6.07) is 6.42. The summed E-state index contributed by atoms with van der Waals surface area (Å²) in [5.41, 5.74) is 5.19. The molecule has 1 aliphatic carbocycles. The van der Waals surface area contributed by atoms with Crippen molar-refractivity contribution in [2.45, 2.75) is 77.0 Å². The van der Waals surface area contributed by atoms with E-state index >= 15 is 0 Å². The summed E-state index contributed by atoms with van der Waals surface area (Å²) in [6.45, 7) is 7.51. The number of likely N-dealkylation sites (tertiary alicyclic amines) is 2. The van der Waals surface area contributed by atoms with Crippen molar-refractivity contribution in [3.8, 4) is 0 Å².